The van der Waals surface area contributed by atoms with Gasteiger partial charge in [0.25, 0.3) is 5.69 Å². The number of carbonyl (C=O) groups is 1. The van der Waals surface area contributed by atoms with Crippen molar-refractivity contribution in [3.05, 3.63) is 63.5 Å². The van der Waals surface area contributed by atoms with Crippen LogP contribution in [0.5, 0.6) is 11.5 Å². The van der Waals surface area contributed by atoms with Crippen molar-refractivity contribution >= 4 is 11.7 Å². The number of nitro groups is 1. The second-order valence-corrected chi connectivity index (χ2v) is 4.25. The number of nitrogens with zero attached hydrogens (tertiary/aromatic N) is 1. The molecule has 7 heteroatoms. The summed E-state index contributed by atoms with van der Waals surface area (Å²) < 4.78 is 18.5. The number of halogens is 1. The molecule has 0 aliphatic carbocycles. The van der Waals surface area contributed by atoms with Crippen LogP contribution in [0.4, 0.5) is 10.1 Å². The Morgan fingerprint density at radius 2 is 1.86 bits per heavy atom. The molecule has 0 radical (unpaired) electrons. The molecule has 0 amide bonds. The zero-order chi connectivity index (χ0) is 15.6. The molecule has 0 unspecified atom stereocenters. The van der Waals surface area contributed by atoms with E-state index >= 15 is 0 Å². The molecule has 108 valence electrons. The van der Waals surface area contributed by atoms with Crippen LogP contribution in [-0.2, 0) is 0 Å². The topological polar surface area (TPSA) is 89.7 Å². The number of aryl methyl sites for hydroxylation is 1. The van der Waals surface area contributed by atoms with Crippen LogP contribution in [0.3, 0.4) is 0 Å². The van der Waals surface area contributed by atoms with Crippen LogP contribution in [0.25, 0.3) is 0 Å². The van der Waals surface area contributed by atoms with Gasteiger partial charge in [-0.2, -0.15) is 0 Å². The van der Waals surface area contributed by atoms with Crippen LogP contribution in [0, 0.1) is 22.9 Å². The fraction of sp³-hybridized carbons (Fsp3) is 0.0714. The van der Waals surface area contributed by atoms with Gasteiger partial charge in [0.1, 0.15) is 22.9 Å². The van der Waals surface area contributed by atoms with Crippen molar-refractivity contribution in [2.45, 2.75) is 6.92 Å². The Balaban J connectivity index is 2.36. The average molecular weight is 291 g/mol. The molecule has 0 aliphatic heterocycles. The van der Waals surface area contributed by atoms with Crippen LogP contribution in [0.2, 0.25) is 0 Å². The highest BCUT2D eigenvalue weighted by atomic mass is 19.1. The second kappa shape index (κ2) is 5.58. The summed E-state index contributed by atoms with van der Waals surface area (Å²) in [5.41, 5.74) is -0.634. The predicted octanol–water partition coefficient (Wildman–Crippen LogP) is 3.53. The van der Waals surface area contributed by atoms with Gasteiger partial charge in [0, 0.05) is 0 Å². The Kier molecular flexibility index (Phi) is 3.84. The molecule has 0 saturated heterocycles. The number of ether oxygens (including phenoxy) is 1. The van der Waals surface area contributed by atoms with Gasteiger partial charge in [-0.3, -0.25) is 10.1 Å². The summed E-state index contributed by atoms with van der Waals surface area (Å²) in [7, 11) is 0. The van der Waals surface area contributed by atoms with E-state index in [-0.39, 0.29) is 5.75 Å². The average Bonchev–Trinajstić information content (AvgIpc) is 2.42. The number of rotatable bonds is 4. The largest absolute Gasteiger partial charge is 0.477 e. The normalized spacial score (nSPS) is 10.2. The summed E-state index contributed by atoms with van der Waals surface area (Å²) in [5, 5.41) is 19.7. The maximum Gasteiger partial charge on any atom is 0.342 e. The molecule has 0 aromatic heterocycles. The first kappa shape index (κ1) is 14.4. The maximum absolute atomic E-state index is 13.1. The zero-order valence-corrected chi connectivity index (χ0v) is 10.9. The fourth-order valence-corrected chi connectivity index (χ4v) is 1.72. The van der Waals surface area contributed by atoms with Crippen LogP contribution in [0.1, 0.15) is 15.9 Å². The molecular formula is C14H10FNO5. The molecule has 0 saturated carbocycles. The Labute approximate surface area is 118 Å². The number of carboxylic acids is 1. The molecule has 6 nitrogen and oxygen atoms in total. The number of carboxylic acid groups (broad SMARTS) is 1. The first-order valence-electron chi connectivity index (χ1n) is 5.84. The van der Waals surface area contributed by atoms with Crippen LogP contribution >= 0.6 is 0 Å². The van der Waals surface area contributed by atoms with Crippen LogP contribution < -0.4 is 4.74 Å². The van der Waals surface area contributed by atoms with E-state index in [0.717, 1.165) is 12.1 Å². The van der Waals surface area contributed by atoms with Crippen LogP contribution in [-0.4, -0.2) is 16.0 Å². The summed E-state index contributed by atoms with van der Waals surface area (Å²) in [5.74, 6) is -1.40. The molecule has 1 N–H and O–H groups in total. The van der Waals surface area contributed by atoms with E-state index in [1.165, 1.54) is 24.3 Å². The first-order chi connectivity index (χ1) is 9.88. The van der Waals surface area contributed by atoms with E-state index in [1.807, 2.05) is 0 Å². The highest BCUT2D eigenvalue weighted by Gasteiger charge is 2.20. The van der Waals surface area contributed by atoms with E-state index in [9.17, 15) is 19.3 Å². The SMILES string of the molecule is Cc1cc(Oc2ccc(C(=O)O)c([N+](=O)[O-])c2)ccc1F. The van der Waals surface area contributed by atoms with E-state index in [4.69, 9.17) is 9.84 Å². The molecule has 21 heavy (non-hydrogen) atoms. The Bertz CT molecular complexity index is 729. The summed E-state index contributed by atoms with van der Waals surface area (Å²) >= 11 is 0. The van der Waals surface area contributed by atoms with Crippen molar-refractivity contribution in [2.75, 3.05) is 0 Å². The lowest BCUT2D eigenvalue weighted by molar-refractivity contribution is -0.385. The molecule has 0 spiro atoms. The van der Waals surface area contributed by atoms with E-state index in [0.29, 0.717) is 11.3 Å². The van der Waals surface area contributed by atoms with Gasteiger partial charge in [0.15, 0.2) is 0 Å². The number of benzene rings is 2. The summed E-state index contributed by atoms with van der Waals surface area (Å²) in [6.45, 7) is 1.55. The molecule has 0 aliphatic rings. The van der Waals surface area contributed by atoms with E-state index in [2.05, 4.69) is 0 Å². The molecule has 0 atom stereocenters. The van der Waals surface area contributed by atoms with E-state index < -0.39 is 28.0 Å². The van der Waals surface area contributed by atoms with Crippen molar-refractivity contribution in [1.82, 2.24) is 0 Å². The van der Waals surface area contributed by atoms with Crippen LogP contribution in [0.15, 0.2) is 36.4 Å². The van der Waals surface area contributed by atoms with Gasteiger partial charge < -0.3 is 9.84 Å². The van der Waals surface area contributed by atoms with Gasteiger partial charge in [-0.1, -0.05) is 0 Å². The second-order valence-electron chi connectivity index (χ2n) is 4.25. The van der Waals surface area contributed by atoms with Crippen molar-refractivity contribution in [2.24, 2.45) is 0 Å². The van der Waals surface area contributed by atoms with Gasteiger partial charge in [-0.05, 0) is 42.8 Å². The Hall–Kier alpha value is -2.96. The molecule has 0 bridgehead atoms. The third-order valence-electron chi connectivity index (χ3n) is 2.76. The third-order valence-corrected chi connectivity index (χ3v) is 2.76. The van der Waals surface area contributed by atoms with Crippen molar-refractivity contribution in [3.63, 3.8) is 0 Å². The highest BCUT2D eigenvalue weighted by Crippen LogP contribution is 2.29. The third kappa shape index (κ3) is 3.14. The highest BCUT2D eigenvalue weighted by molar-refractivity contribution is 5.92. The van der Waals surface area contributed by atoms with Gasteiger partial charge in [0.05, 0.1) is 11.0 Å². The predicted molar refractivity (Wildman–Crippen MR) is 71.3 cm³/mol. The monoisotopic (exact) mass is 291 g/mol. The lowest BCUT2D eigenvalue weighted by atomic mass is 10.1. The smallest absolute Gasteiger partial charge is 0.342 e. The minimum atomic E-state index is -1.40. The Morgan fingerprint density at radius 3 is 2.43 bits per heavy atom. The lowest BCUT2D eigenvalue weighted by Gasteiger charge is -2.07. The van der Waals surface area contributed by atoms with Gasteiger partial charge in [-0.15, -0.1) is 0 Å². The first-order valence-corrected chi connectivity index (χ1v) is 5.84. The molecular weight excluding hydrogens is 281 g/mol. The fourth-order valence-electron chi connectivity index (χ4n) is 1.72. The number of hydrogen-bond acceptors (Lipinski definition) is 4. The zero-order valence-electron chi connectivity index (χ0n) is 10.9. The molecule has 0 fully saturated rings. The van der Waals surface area contributed by atoms with Crippen molar-refractivity contribution in [1.29, 1.82) is 0 Å². The minimum absolute atomic E-state index is 0.0951. The van der Waals surface area contributed by atoms with Crippen molar-refractivity contribution in [3.8, 4) is 11.5 Å². The quantitative estimate of drug-likeness (QED) is 0.687. The van der Waals surface area contributed by atoms with Gasteiger partial charge in [-0.25, -0.2) is 9.18 Å². The molecule has 2 rings (SSSR count). The summed E-state index contributed by atoms with van der Waals surface area (Å²) in [4.78, 5) is 21.0. The van der Waals surface area contributed by atoms with Crippen molar-refractivity contribution < 1.29 is 24.0 Å². The van der Waals surface area contributed by atoms with E-state index in [1.54, 1.807) is 6.92 Å². The molecule has 2 aromatic rings. The summed E-state index contributed by atoms with van der Waals surface area (Å²) in [6, 6.07) is 7.43. The summed E-state index contributed by atoms with van der Waals surface area (Å²) in [6.07, 6.45) is 0. The number of aromatic carboxylic acids is 1. The standard InChI is InChI=1S/C14H10FNO5/c1-8-6-9(3-5-12(8)15)21-10-2-4-11(14(17)18)13(7-10)16(19)20/h2-7H,1H3,(H,17,18). The number of nitro benzene ring substituents is 1. The van der Waals surface area contributed by atoms with Gasteiger partial charge >= 0.3 is 5.97 Å². The molecule has 0 heterocycles. The molecule has 2 aromatic carbocycles. The lowest BCUT2D eigenvalue weighted by Crippen LogP contribution is -2.02. The Morgan fingerprint density at radius 1 is 1.24 bits per heavy atom. The van der Waals surface area contributed by atoms with Gasteiger partial charge in [0.2, 0.25) is 0 Å². The minimum Gasteiger partial charge on any atom is -0.477 e. The number of hydrogen-bond donors (Lipinski definition) is 1. The maximum atomic E-state index is 13.1.